The highest BCUT2D eigenvalue weighted by Gasteiger charge is 2.20. The number of non-ortho nitro benzene ring substituents is 1. The molecule has 0 spiro atoms. The van der Waals surface area contributed by atoms with Crippen molar-refractivity contribution in [1.29, 1.82) is 0 Å². The molecule has 0 aliphatic heterocycles. The predicted molar refractivity (Wildman–Crippen MR) is 77.4 cm³/mol. The van der Waals surface area contributed by atoms with Crippen LogP contribution in [0.2, 0.25) is 0 Å². The highest BCUT2D eigenvalue weighted by atomic mass is 16.6. The molecule has 1 rings (SSSR count). The van der Waals surface area contributed by atoms with E-state index in [0.29, 0.717) is 25.0 Å². The van der Waals surface area contributed by atoms with E-state index in [1.54, 1.807) is 7.11 Å². The summed E-state index contributed by atoms with van der Waals surface area (Å²) in [5.74, 6) is 0. The van der Waals surface area contributed by atoms with Gasteiger partial charge in [-0.25, -0.2) is 0 Å². The first-order valence-corrected chi connectivity index (χ1v) is 6.63. The van der Waals surface area contributed by atoms with Crippen LogP contribution in [0.15, 0.2) is 18.2 Å². The van der Waals surface area contributed by atoms with Gasteiger partial charge in [-0.15, -0.1) is 0 Å². The minimum absolute atomic E-state index is 0.0924. The Labute approximate surface area is 122 Å². The van der Waals surface area contributed by atoms with Gasteiger partial charge in [0.15, 0.2) is 0 Å². The summed E-state index contributed by atoms with van der Waals surface area (Å²) in [6, 6.07) is 3.84. The van der Waals surface area contributed by atoms with Gasteiger partial charge in [0.05, 0.1) is 22.5 Å². The summed E-state index contributed by atoms with van der Waals surface area (Å²) < 4.78 is 5.09. The summed E-state index contributed by atoms with van der Waals surface area (Å²) in [7, 11) is 1.60. The largest absolute Gasteiger partial charge is 0.383 e. The van der Waals surface area contributed by atoms with Crippen molar-refractivity contribution in [3.63, 3.8) is 0 Å². The third kappa shape index (κ3) is 5.09. The topological polar surface area (TPSA) is 108 Å². The lowest BCUT2D eigenvalue weighted by Crippen LogP contribution is -2.33. The second-order valence-corrected chi connectivity index (χ2v) is 4.58. The molecule has 0 fully saturated rings. The van der Waals surface area contributed by atoms with Gasteiger partial charge in [-0.05, 0) is 25.5 Å². The Morgan fingerprint density at radius 2 is 2.00 bits per heavy atom. The molecule has 0 aliphatic rings. The maximum absolute atomic E-state index is 11.0. The third-order valence-corrected chi connectivity index (χ3v) is 3.10. The van der Waals surface area contributed by atoms with E-state index in [2.05, 4.69) is 5.32 Å². The second kappa shape index (κ2) is 8.28. The molecule has 116 valence electrons. The van der Waals surface area contributed by atoms with Crippen LogP contribution in [0.25, 0.3) is 0 Å². The van der Waals surface area contributed by atoms with Crippen LogP contribution in [0, 0.1) is 20.2 Å². The quantitative estimate of drug-likeness (QED) is 0.552. The van der Waals surface area contributed by atoms with Crippen molar-refractivity contribution in [3.8, 4) is 0 Å². The Morgan fingerprint density at radius 1 is 1.29 bits per heavy atom. The fourth-order valence-corrected chi connectivity index (χ4v) is 2.11. The maximum atomic E-state index is 11.0. The van der Waals surface area contributed by atoms with Crippen molar-refractivity contribution in [2.24, 2.45) is 0 Å². The van der Waals surface area contributed by atoms with Crippen LogP contribution in [0.4, 0.5) is 11.4 Å². The number of benzene rings is 1. The number of methoxy groups -OCH3 is 1. The van der Waals surface area contributed by atoms with Gasteiger partial charge in [-0.1, -0.05) is 6.92 Å². The number of rotatable bonds is 9. The van der Waals surface area contributed by atoms with Gasteiger partial charge >= 0.3 is 0 Å². The second-order valence-electron chi connectivity index (χ2n) is 4.58. The molecule has 1 aromatic rings. The van der Waals surface area contributed by atoms with Gasteiger partial charge < -0.3 is 10.1 Å². The molecule has 0 saturated heterocycles. The van der Waals surface area contributed by atoms with Gasteiger partial charge in [0.25, 0.3) is 11.4 Å². The van der Waals surface area contributed by atoms with Crippen molar-refractivity contribution in [1.82, 2.24) is 5.32 Å². The molecule has 1 aromatic carbocycles. The van der Waals surface area contributed by atoms with Gasteiger partial charge in [-0.3, -0.25) is 20.2 Å². The van der Waals surface area contributed by atoms with Crippen molar-refractivity contribution >= 4 is 11.4 Å². The lowest BCUT2D eigenvalue weighted by molar-refractivity contribution is -0.394. The van der Waals surface area contributed by atoms with Crippen molar-refractivity contribution in [2.75, 3.05) is 20.3 Å². The molecule has 0 aliphatic carbocycles. The average Bonchev–Trinajstić information content (AvgIpc) is 2.44. The highest BCUT2D eigenvalue weighted by molar-refractivity contribution is 5.49. The van der Waals surface area contributed by atoms with Crippen LogP contribution in [-0.2, 0) is 11.2 Å². The van der Waals surface area contributed by atoms with Crippen molar-refractivity contribution in [3.05, 3.63) is 44.0 Å². The van der Waals surface area contributed by atoms with E-state index >= 15 is 0 Å². The van der Waals surface area contributed by atoms with Crippen LogP contribution in [0.1, 0.15) is 18.9 Å². The molecular weight excluding hydrogens is 278 g/mol. The molecule has 8 heteroatoms. The molecule has 0 aromatic heterocycles. The SMILES string of the molecule is CCNC(CCc1ccc([N+](=O)[O-])cc1[N+](=O)[O-])COC. The molecule has 1 unspecified atom stereocenters. The highest BCUT2D eigenvalue weighted by Crippen LogP contribution is 2.25. The fourth-order valence-electron chi connectivity index (χ4n) is 2.11. The molecule has 0 saturated carbocycles. The summed E-state index contributed by atoms with van der Waals surface area (Å²) in [6.45, 7) is 3.25. The first-order valence-electron chi connectivity index (χ1n) is 6.63. The Hall–Kier alpha value is -2.06. The molecule has 21 heavy (non-hydrogen) atoms. The Kier molecular flexibility index (Phi) is 6.70. The number of nitro groups is 2. The van der Waals surface area contributed by atoms with Crippen LogP contribution >= 0.6 is 0 Å². The zero-order valence-electron chi connectivity index (χ0n) is 12.1. The van der Waals surface area contributed by atoms with E-state index < -0.39 is 9.85 Å². The summed E-state index contributed by atoms with van der Waals surface area (Å²) in [6.07, 6.45) is 1.11. The summed E-state index contributed by atoms with van der Waals surface area (Å²) in [5.41, 5.74) is 0.00652. The summed E-state index contributed by atoms with van der Waals surface area (Å²) in [4.78, 5) is 20.5. The third-order valence-electron chi connectivity index (χ3n) is 3.10. The van der Waals surface area contributed by atoms with E-state index in [1.165, 1.54) is 12.1 Å². The van der Waals surface area contributed by atoms with Gasteiger partial charge in [-0.2, -0.15) is 0 Å². The zero-order chi connectivity index (χ0) is 15.8. The molecular formula is C13H19N3O5. The van der Waals surface area contributed by atoms with Crippen LogP contribution in [-0.4, -0.2) is 36.1 Å². The smallest absolute Gasteiger partial charge is 0.279 e. The standard InChI is InChI=1S/C13H19N3O5/c1-3-14-11(9-21-2)6-4-10-5-7-12(15(17)18)8-13(10)16(19)20/h5,7-8,11,14H,3-4,6,9H2,1-2H3. The Balaban J connectivity index is 2.86. The molecule has 1 N–H and O–H groups in total. The Bertz CT molecular complexity index is 501. The number of hydrogen-bond acceptors (Lipinski definition) is 6. The minimum Gasteiger partial charge on any atom is -0.383 e. The number of nitrogens with zero attached hydrogens (tertiary/aromatic N) is 2. The molecule has 1 atom stereocenters. The molecule has 0 heterocycles. The summed E-state index contributed by atoms with van der Waals surface area (Å²) >= 11 is 0. The summed E-state index contributed by atoms with van der Waals surface area (Å²) in [5, 5.41) is 24.9. The predicted octanol–water partition coefficient (Wildman–Crippen LogP) is 2.06. The number of hydrogen-bond donors (Lipinski definition) is 1. The minimum atomic E-state index is -0.636. The number of nitro benzene ring substituents is 2. The Morgan fingerprint density at radius 3 is 2.52 bits per heavy atom. The monoisotopic (exact) mass is 297 g/mol. The molecule has 8 nitrogen and oxygen atoms in total. The van der Waals surface area contributed by atoms with E-state index in [1.807, 2.05) is 6.92 Å². The van der Waals surface area contributed by atoms with Crippen molar-refractivity contribution in [2.45, 2.75) is 25.8 Å². The number of likely N-dealkylation sites (N-methyl/N-ethyl adjacent to an activating group) is 1. The van der Waals surface area contributed by atoms with E-state index in [0.717, 1.165) is 12.6 Å². The van der Waals surface area contributed by atoms with E-state index in [-0.39, 0.29) is 17.4 Å². The maximum Gasteiger partial charge on any atom is 0.279 e. The molecule has 0 amide bonds. The van der Waals surface area contributed by atoms with Crippen molar-refractivity contribution < 1.29 is 14.6 Å². The number of nitrogens with one attached hydrogen (secondary N) is 1. The van der Waals surface area contributed by atoms with Crippen LogP contribution < -0.4 is 5.32 Å². The normalized spacial score (nSPS) is 12.1. The molecule has 0 bridgehead atoms. The lowest BCUT2D eigenvalue weighted by Gasteiger charge is -2.16. The van der Waals surface area contributed by atoms with Crippen LogP contribution in [0.5, 0.6) is 0 Å². The van der Waals surface area contributed by atoms with Crippen LogP contribution in [0.3, 0.4) is 0 Å². The number of aryl methyl sites for hydroxylation is 1. The first-order chi connectivity index (χ1) is 9.99. The van der Waals surface area contributed by atoms with Gasteiger partial charge in [0.1, 0.15) is 0 Å². The lowest BCUT2D eigenvalue weighted by atomic mass is 10.0. The van der Waals surface area contributed by atoms with Gasteiger partial charge in [0.2, 0.25) is 0 Å². The van der Waals surface area contributed by atoms with E-state index in [9.17, 15) is 20.2 Å². The zero-order valence-corrected chi connectivity index (χ0v) is 12.1. The average molecular weight is 297 g/mol. The fraction of sp³-hybridized carbons (Fsp3) is 0.538. The first kappa shape index (κ1) is 17.0. The number of ether oxygens (including phenoxy) is 1. The van der Waals surface area contributed by atoms with E-state index in [4.69, 9.17) is 4.74 Å². The van der Waals surface area contributed by atoms with Gasteiger partial charge in [0, 0.05) is 24.8 Å². The molecule has 0 radical (unpaired) electrons.